The average molecular weight is 1260 g/mol. The van der Waals surface area contributed by atoms with Crippen molar-refractivity contribution in [2.24, 2.45) is 0 Å². The SMILES string of the molecule is Cc1nc2cccc(Cl)c2s1.Clc1nc2cccc(Cl)c2s1.Nc1ccc(Sc2nc3cccc(Cl)c3s2)c(Cl)c1.O=[N+]([O-])c1ccc(Sc2nc3cccc(Cl)c3s2)c(Cl)c1.O=[N+]([O-])c1cccc(Cl)c1Cl. The molecule has 0 bridgehead atoms. The van der Waals surface area contributed by atoms with E-state index in [1.807, 2.05) is 91.9 Å². The summed E-state index contributed by atoms with van der Waals surface area (Å²) in [6, 6.07) is 36.8. The Morgan fingerprint density at radius 2 is 0.890 bits per heavy atom. The number of nitro benzene ring substituents is 2. The van der Waals surface area contributed by atoms with Crippen molar-refractivity contribution in [3.63, 3.8) is 0 Å². The number of fused-ring (bicyclic) bond motifs is 4. The van der Waals surface area contributed by atoms with E-state index in [2.05, 4.69) is 19.9 Å². The van der Waals surface area contributed by atoms with Crippen LogP contribution in [0.2, 0.25) is 44.6 Å². The molecule has 0 aliphatic carbocycles. The fourth-order valence-corrected chi connectivity index (χ4v) is 13.9. The molecule has 73 heavy (non-hydrogen) atoms. The van der Waals surface area contributed by atoms with Crippen molar-refractivity contribution in [1.82, 2.24) is 19.9 Å². The Morgan fingerprint density at radius 3 is 1.32 bits per heavy atom. The van der Waals surface area contributed by atoms with Gasteiger partial charge in [-0.05, 0) is 85.8 Å². The van der Waals surface area contributed by atoms with E-state index in [1.54, 1.807) is 34.8 Å². The minimum Gasteiger partial charge on any atom is -0.399 e. The first-order chi connectivity index (χ1) is 34.8. The molecule has 26 heteroatoms. The summed E-state index contributed by atoms with van der Waals surface area (Å²) < 4.78 is 6.19. The monoisotopic (exact) mass is 1260 g/mol. The molecule has 0 radical (unpaired) electrons. The summed E-state index contributed by atoms with van der Waals surface area (Å²) in [6.45, 7) is 1.99. The van der Waals surface area contributed by atoms with E-state index in [-0.39, 0.29) is 21.4 Å². The first-order valence-electron chi connectivity index (χ1n) is 20.1. The van der Waals surface area contributed by atoms with Crippen LogP contribution in [0.3, 0.4) is 0 Å². The number of rotatable bonds is 6. The highest BCUT2D eigenvalue weighted by molar-refractivity contribution is 8.01. The third-order valence-electron chi connectivity index (χ3n) is 9.11. The molecule has 0 saturated carbocycles. The maximum absolute atomic E-state index is 10.7. The molecule has 0 aliphatic heterocycles. The Labute approximate surface area is 484 Å². The number of nitrogen functional groups attached to an aromatic ring is 1. The smallest absolute Gasteiger partial charge is 0.289 e. The molecule has 0 unspecified atom stereocenters. The fourth-order valence-electron chi connectivity index (χ4n) is 5.90. The highest BCUT2D eigenvalue weighted by Crippen LogP contribution is 2.42. The van der Waals surface area contributed by atoms with Crippen LogP contribution in [0.4, 0.5) is 17.1 Å². The first kappa shape index (κ1) is 56.7. The number of aryl methyl sites for hydroxylation is 1. The van der Waals surface area contributed by atoms with Crippen molar-refractivity contribution in [2.45, 2.75) is 25.4 Å². The second kappa shape index (κ2) is 26.2. The average Bonchev–Trinajstić information content (AvgIpc) is 4.15. The van der Waals surface area contributed by atoms with E-state index in [1.165, 1.54) is 76.5 Å². The third-order valence-corrected chi connectivity index (χ3v) is 19.2. The molecule has 11 aromatic rings. The minimum absolute atomic E-state index is 0.0147. The topological polar surface area (TPSA) is 164 Å². The maximum Gasteiger partial charge on any atom is 0.289 e. The molecule has 0 spiro atoms. The summed E-state index contributed by atoms with van der Waals surface area (Å²) in [4.78, 5) is 38.9. The van der Waals surface area contributed by atoms with E-state index in [0.717, 1.165) is 74.4 Å². The molecule has 2 N–H and O–H groups in total. The van der Waals surface area contributed by atoms with Gasteiger partial charge in [-0.2, -0.15) is 0 Å². The standard InChI is InChI=1S/C13H6Cl2N2O2S2.C13H8Cl2N2S2.C8H6ClNS.C7H3Cl2NS.C6H3Cl2NO2/c14-8-2-1-3-10-12(8)21-13(16-10)20-11-5-4-7(17(18)19)6-9(11)15;14-8-2-1-3-10-12(8)19-13(17-10)18-11-5-4-7(16)6-9(11)15;1-5-10-7-4-2-3-6(9)8(7)11-5;8-4-2-1-3-5-6(4)11-7(9)10-5;7-4-2-1-3-5(6(4)8)9(10)11/h1-6H;1-6H,16H2;2-4H,1H3;2*1-3H. The Bertz CT molecular complexity index is 3720. The number of nitro groups is 2. The van der Waals surface area contributed by atoms with Crippen LogP contribution in [0.1, 0.15) is 5.01 Å². The molecular weight excluding hydrogens is 1240 g/mol. The third kappa shape index (κ3) is 15.1. The first-order valence-corrected chi connectivity index (χ1v) is 28.4. The Hall–Kier alpha value is -3.99. The van der Waals surface area contributed by atoms with E-state index in [9.17, 15) is 20.2 Å². The molecule has 11 nitrogen and oxygen atoms in total. The number of thiazole rings is 4. The van der Waals surface area contributed by atoms with Gasteiger partial charge >= 0.3 is 0 Å². The largest absolute Gasteiger partial charge is 0.399 e. The number of nitrogens with zero attached hydrogens (tertiary/aromatic N) is 6. The number of hydrogen-bond acceptors (Lipinski definition) is 15. The van der Waals surface area contributed by atoms with Crippen LogP contribution >= 0.6 is 173 Å². The molecule has 4 aromatic heterocycles. The lowest BCUT2D eigenvalue weighted by atomic mass is 10.3. The number of nitrogens with two attached hydrogens (primary N) is 1. The van der Waals surface area contributed by atoms with Crippen LogP contribution in [0.5, 0.6) is 0 Å². The van der Waals surface area contributed by atoms with Crippen molar-refractivity contribution in [1.29, 1.82) is 0 Å². The summed E-state index contributed by atoms with van der Waals surface area (Å²) in [6.07, 6.45) is 0. The number of halogens is 9. The maximum atomic E-state index is 10.7. The van der Waals surface area contributed by atoms with Crippen molar-refractivity contribution >= 4 is 231 Å². The highest BCUT2D eigenvalue weighted by atomic mass is 35.5. The second-order valence-corrected chi connectivity index (χ2v) is 24.7. The van der Waals surface area contributed by atoms with Gasteiger partial charge in [-0.25, -0.2) is 19.9 Å². The van der Waals surface area contributed by atoms with E-state index in [4.69, 9.17) is 110 Å². The number of aromatic nitrogens is 4. The normalized spacial score (nSPS) is 10.7. The van der Waals surface area contributed by atoms with Gasteiger partial charge in [-0.3, -0.25) is 20.2 Å². The van der Waals surface area contributed by atoms with Gasteiger partial charge in [-0.15, -0.1) is 45.3 Å². The predicted octanol–water partition coefficient (Wildman–Crippen LogP) is 20.8. The lowest BCUT2D eigenvalue weighted by Crippen LogP contribution is -1.88. The fraction of sp³-hybridized carbons (Fsp3) is 0.0213. The van der Waals surface area contributed by atoms with E-state index in [0.29, 0.717) is 30.2 Å². The quantitative estimate of drug-likeness (QED) is 0.0957. The molecule has 4 heterocycles. The Balaban J connectivity index is 0.000000138. The Morgan fingerprint density at radius 1 is 0.466 bits per heavy atom. The van der Waals surface area contributed by atoms with Crippen LogP contribution in [-0.4, -0.2) is 29.8 Å². The van der Waals surface area contributed by atoms with Gasteiger partial charge < -0.3 is 5.73 Å². The van der Waals surface area contributed by atoms with Gasteiger partial charge in [0, 0.05) is 33.7 Å². The predicted molar refractivity (Wildman–Crippen MR) is 314 cm³/mol. The number of non-ortho nitro benzene ring substituents is 1. The number of anilines is 1. The molecule has 7 aromatic carbocycles. The van der Waals surface area contributed by atoms with Crippen LogP contribution in [0, 0.1) is 27.2 Å². The molecule has 0 amide bonds. The van der Waals surface area contributed by atoms with Gasteiger partial charge in [-0.1, -0.05) is 158 Å². The van der Waals surface area contributed by atoms with Crippen molar-refractivity contribution in [2.75, 3.05) is 5.73 Å². The lowest BCUT2D eigenvalue weighted by Gasteiger charge is -2.01. The second-order valence-electron chi connectivity index (χ2n) is 14.1. The highest BCUT2D eigenvalue weighted by Gasteiger charge is 2.16. The number of hydrogen-bond donors (Lipinski definition) is 1. The molecule has 0 saturated heterocycles. The van der Waals surface area contributed by atoms with E-state index >= 15 is 0 Å². The molecular formula is C47H26Cl9N7O4S6. The zero-order chi connectivity index (χ0) is 52.5. The minimum atomic E-state index is -0.575. The summed E-state index contributed by atoms with van der Waals surface area (Å²) in [7, 11) is 0. The van der Waals surface area contributed by atoms with Crippen LogP contribution in [0.15, 0.2) is 146 Å². The Kier molecular flexibility index (Phi) is 20.3. The van der Waals surface area contributed by atoms with Crippen molar-refractivity contribution in [3.8, 4) is 0 Å². The molecule has 372 valence electrons. The van der Waals surface area contributed by atoms with Crippen molar-refractivity contribution < 1.29 is 9.85 Å². The van der Waals surface area contributed by atoms with Crippen molar-refractivity contribution in [3.05, 3.63) is 197 Å². The molecule has 0 aliphatic rings. The summed E-state index contributed by atoms with van der Waals surface area (Å²) in [5.74, 6) is 0. The molecule has 11 rings (SSSR count). The zero-order valence-electron chi connectivity index (χ0n) is 36.4. The van der Waals surface area contributed by atoms with Gasteiger partial charge in [0.1, 0.15) is 5.02 Å². The summed E-state index contributed by atoms with van der Waals surface area (Å²) in [5, 5.41) is 26.0. The number of benzene rings is 7. The lowest BCUT2D eigenvalue weighted by molar-refractivity contribution is -0.385. The van der Waals surface area contributed by atoms with Gasteiger partial charge in [0.2, 0.25) is 0 Å². The molecule has 0 fully saturated rings. The van der Waals surface area contributed by atoms with Gasteiger partial charge in [0.05, 0.1) is 90.9 Å². The zero-order valence-corrected chi connectivity index (χ0v) is 48.1. The van der Waals surface area contributed by atoms with E-state index < -0.39 is 9.85 Å². The van der Waals surface area contributed by atoms with Gasteiger partial charge in [0.15, 0.2) is 13.1 Å². The summed E-state index contributed by atoms with van der Waals surface area (Å²) >= 11 is 62.0. The summed E-state index contributed by atoms with van der Waals surface area (Å²) in [5.41, 5.74) is 9.74. The molecule has 0 atom stereocenters. The van der Waals surface area contributed by atoms with Crippen LogP contribution < -0.4 is 5.73 Å². The van der Waals surface area contributed by atoms with Crippen LogP contribution in [-0.2, 0) is 0 Å². The van der Waals surface area contributed by atoms with Crippen LogP contribution in [0.25, 0.3) is 40.9 Å². The van der Waals surface area contributed by atoms with Gasteiger partial charge in [0.25, 0.3) is 11.4 Å².